The molecule has 0 amide bonds. The van der Waals surface area contributed by atoms with Crippen LogP contribution in [0.4, 0.5) is 0 Å². The summed E-state index contributed by atoms with van der Waals surface area (Å²) in [6, 6.07) is 32.6. The summed E-state index contributed by atoms with van der Waals surface area (Å²) in [4.78, 5) is 9.88. The van der Waals surface area contributed by atoms with Crippen LogP contribution in [-0.2, 0) is 13.2 Å². The fourth-order valence-electron chi connectivity index (χ4n) is 5.10. The second-order valence-corrected chi connectivity index (χ2v) is 9.41. The van der Waals surface area contributed by atoms with Gasteiger partial charge in [-0.1, -0.05) is 78.9 Å². The number of hydrogen-bond acceptors (Lipinski definition) is 5. The van der Waals surface area contributed by atoms with Crippen LogP contribution in [0.2, 0.25) is 0 Å². The predicted molar refractivity (Wildman–Crippen MR) is 150 cm³/mol. The smallest absolute Gasteiger partial charge is 0.189 e. The number of ether oxygens (including phenoxy) is 1. The topological polar surface area (TPSA) is 70.4 Å². The van der Waals surface area contributed by atoms with Crippen LogP contribution in [-0.4, -0.2) is 24.1 Å². The van der Waals surface area contributed by atoms with E-state index >= 15 is 0 Å². The van der Waals surface area contributed by atoms with Crippen LogP contribution in [0.1, 0.15) is 17.1 Å². The maximum absolute atomic E-state index is 6.07. The van der Waals surface area contributed by atoms with Crippen LogP contribution in [0, 0.1) is 6.92 Å². The number of furan rings is 1. The number of aromatic nitrogens is 5. The second kappa shape index (κ2) is 9.61. The molecule has 0 aliphatic carbocycles. The number of rotatable bonds is 7. The molecule has 0 radical (unpaired) electrons. The highest BCUT2D eigenvalue weighted by atomic mass is 16.5. The van der Waals surface area contributed by atoms with Crippen LogP contribution in [0.3, 0.4) is 0 Å². The molecule has 0 bridgehead atoms. The average Bonchev–Trinajstić information content (AvgIpc) is 3.71. The number of nitrogens with zero attached hydrogens (tertiary/aromatic N) is 5. The maximum atomic E-state index is 6.07. The van der Waals surface area contributed by atoms with E-state index in [1.807, 2.05) is 55.5 Å². The van der Waals surface area contributed by atoms with Crippen LogP contribution in [0.25, 0.3) is 39.1 Å². The SMILES string of the molecule is Cc1ccccc1OCc1nc2c3c(-c4ccccc4)c(-c4ccccc4)n(Cc4ccco4)c3ncn2n1. The van der Waals surface area contributed by atoms with Crippen molar-refractivity contribution in [1.82, 2.24) is 24.1 Å². The van der Waals surface area contributed by atoms with Gasteiger partial charge >= 0.3 is 0 Å². The second-order valence-electron chi connectivity index (χ2n) is 9.41. The van der Waals surface area contributed by atoms with Crippen molar-refractivity contribution in [2.24, 2.45) is 0 Å². The zero-order chi connectivity index (χ0) is 26.2. The lowest BCUT2D eigenvalue weighted by atomic mass is 9.99. The fraction of sp³-hybridized carbons (Fsp3) is 0.0938. The lowest BCUT2D eigenvalue weighted by molar-refractivity contribution is 0.294. The van der Waals surface area contributed by atoms with E-state index in [9.17, 15) is 0 Å². The van der Waals surface area contributed by atoms with Gasteiger partial charge in [-0.2, -0.15) is 0 Å². The molecule has 39 heavy (non-hydrogen) atoms. The Labute approximate surface area is 225 Å². The zero-order valence-corrected chi connectivity index (χ0v) is 21.4. The van der Waals surface area contributed by atoms with Gasteiger partial charge in [0.05, 0.1) is 23.9 Å². The Hall–Kier alpha value is -5.17. The van der Waals surface area contributed by atoms with Crippen LogP contribution >= 0.6 is 0 Å². The Morgan fingerprint density at radius 1 is 0.795 bits per heavy atom. The van der Waals surface area contributed by atoms with Gasteiger partial charge in [0.15, 0.2) is 11.5 Å². The molecule has 0 unspecified atom stereocenters. The van der Waals surface area contributed by atoms with E-state index in [1.165, 1.54) is 0 Å². The first-order chi connectivity index (χ1) is 19.3. The van der Waals surface area contributed by atoms with E-state index in [0.29, 0.717) is 12.4 Å². The first kappa shape index (κ1) is 23.0. The molecule has 7 rings (SSSR count). The van der Waals surface area contributed by atoms with Gasteiger partial charge in [-0.3, -0.25) is 0 Å². The molecule has 0 saturated heterocycles. The maximum Gasteiger partial charge on any atom is 0.189 e. The number of para-hydroxylation sites is 1. The highest BCUT2D eigenvalue weighted by Gasteiger charge is 2.25. The number of hydrogen-bond donors (Lipinski definition) is 0. The minimum Gasteiger partial charge on any atom is -0.485 e. The standard InChI is InChI=1S/C32H25N5O2/c1-22-11-8-9-17-26(22)39-20-27-34-32-29-28(23-12-4-2-5-13-23)30(24-14-6-3-7-15-24)36(19-25-16-10-18-38-25)31(29)33-21-37(32)35-27/h2-18,21H,19-20H2,1H3. The van der Waals surface area contributed by atoms with E-state index in [0.717, 1.165) is 56.1 Å². The highest BCUT2D eigenvalue weighted by molar-refractivity contribution is 6.09. The van der Waals surface area contributed by atoms with Crippen molar-refractivity contribution in [3.05, 3.63) is 127 Å². The summed E-state index contributed by atoms with van der Waals surface area (Å²) in [5.74, 6) is 2.26. The molecule has 190 valence electrons. The largest absolute Gasteiger partial charge is 0.485 e. The van der Waals surface area contributed by atoms with Crippen LogP contribution < -0.4 is 4.74 Å². The van der Waals surface area contributed by atoms with Gasteiger partial charge in [-0.25, -0.2) is 14.5 Å². The molecule has 4 aromatic heterocycles. The fourth-order valence-corrected chi connectivity index (χ4v) is 5.10. The summed E-state index contributed by atoms with van der Waals surface area (Å²) < 4.78 is 15.8. The molecule has 4 heterocycles. The Kier molecular flexibility index (Phi) is 5.66. The van der Waals surface area contributed by atoms with Gasteiger partial charge in [-0.05, 0) is 41.8 Å². The Bertz CT molecular complexity index is 1890. The van der Waals surface area contributed by atoms with Crippen molar-refractivity contribution in [3.63, 3.8) is 0 Å². The molecule has 0 atom stereocenters. The molecular formula is C32H25N5O2. The summed E-state index contributed by atoms with van der Waals surface area (Å²) in [5.41, 5.74) is 6.89. The summed E-state index contributed by atoms with van der Waals surface area (Å²) in [5, 5.41) is 5.65. The molecule has 0 spiro atoms. The minimum absolute atomic E-state index is 0.257. The number of aryl methyl sites for hydroxylation is 1. The summed E-state index contributed by atoms with van der Waals surface area (Å²) >= 11 is 0. The minimum atomic E-state index is 0.257. The van der Waals surface area contributed by atoms with Gasteiger partial charge in [0, 0.05) is 5.56 Å². The number of benzene rings is 3. The Balaban J connectivity index is 1.47. The van der Waals surface area contributed by atoms with Crippen molar-refractivity contribution < 1.29 is 9.15 Å². The van der Waals surface area contributed by atoms with E-state index in [4.69, 9.17) is 24.2 Å². The quantitative estimate of drug-likeness (QED) is 0.232. The molecular weight excluding hydrogens is 486 g/mol. The van der Waals surface area contributed by atoms with Gasteiger partial charge in [0.25, 0.3) is 0 Å². The average molecular weight is 512 g/mol. The highest BCUT2D eigenvalue weighted by Crippen LogP contribution is 2.42. The van der Waals surface area contributed by atoms with Gasteiger partial charge in [0.1, 0.15) is 30.1 Å². The summed E-state index contributed by atoms with van der Waals surface area (Å²) in [7, 11) is 0. The van der Waals surface area contributed by atoms with Gasteiger partial charge in [-0.15, -0.1) is 5.10 Å². The Morgan fingerprint density at radius 3 is 2.28 bits per heavy atom. The molecule has 7 aromatic rings. The van der Waals surface area contributed by atoms with Gasteiger partial charge < -0.3 is 13.7 Å². The summed E-state index contributed by atoms with van der Waals surface area (Å²) in [6.07, 6.45) is 3.43. The first-order valence-corrected chi connectivity index (χ1v) is 12.8. The third-order valence-electron chi connectivity index (χ3n) is 6.88. The van der Waals surface area contributed by atoms with E-state index in [-0.39, 0.29) is 6.61 Å². The molecule has 7 nitrogen and oxygen atoms in total. The van der Waals surface area contributed by atoms with Gasteiger partial charge in [0.2, 0.25) is 0 Å². The zero-order valence-electron chi connectivity index (χ0n) is 21.4. The van der Waals surface area contributed by atoms with E-state index in [2.05, 4.69) is 53.1 Å². The summed E-state index contributed by atoms with van der Waals surface area (Å²) in [6.45, 7) is 2.81. The van der Waals surface area contributed by atoms with E-state index < -0.39 is 0 Å². The number of fused-ring (bicyclic) bond motifs is 3. The third kappa shape index (κ3) is 4.14. The molecule has 0 aliphatic heterocycles. The van der Waals surface area contributed by atoms with E-state index in [1.54, 1.807) is 17.1 Å². The normalized spacial score (nSPS) is 11.4. The molecule has 3 aromatic carbocycles. The van der Waals surface area contributed by atoms with Crippen LogP contribution in [0.15, 0.2) is 114 Å². The molecule has 0 fully saturated rings. The first-order valence-electron chi connectivity index (χ1n) is 12.8. The monoisotopic (exact) mass is 511 g/mol. The predicted octanol–water partition coefficient (Wildman–Crippen LogP) is 6.94. The molecule has 0 aliphatic rings. The lowest BCUT2D eigenvalue weighted by Gasteiger charge is -2.11. The molecule has 7 heteroatoms. The Morgan fingerprint density at radius 2 is 1.54 bits per heavy atom. The molecule has 0 N–H and O–H groups in total. The third-order valence-corrected chi connectivity index (χ3v) is 6.88. The lowest BCUT2D eigenvalue weighted by Crippen LogP contribution is -2.03. The van der Waals surface area contributed by atoms with Crippen molar-refractivity contribution in [2.45, 2.75) is 20.1 Å². The van der Waals surface area contributed by atoms with Crippen molar-refractivity contribution >= 4 is 16.7 Å². The van der Waals surface area contributed by atoms with Crippen LogP contribution in [0.5, 0.6) is 5.75 Å². The molecule has 0 saturated carbocycles. The van der Waals surface area contributed by atoms with Crippen molar-refractivity contribution in [1.29, 1.82) is 0 Å². The van der Waals surface area contributed by atoms with Crippen molar-refractivity contribution in [3.8, 4) is 28.1 Å². The van der Waals surface area contributed by atoms with Crippen molar-refractivity contribution in [2.75, 3.05) is 0 Å².